The topological polar surface area (TPSA) is 78.2 Å². The Morgan fingerprint density at radius 1 is 1.14 bits per heavy atom. The Labute approximate surface area is 142 Å². The molecular formula is C16H18CrO5. The van der Waals surface area contributed by atoms with Crippen LogP contribution in [0.1, 0.15) is 23.8 Å². The summed E-state index contributed by atoms with van der Waals surface area (Å²) in [6, 6.07) is 8.08. The molecule has 0 heterocycles. The van der Waals surface area contributed by atoms with E-state index in [0.717, 1.165) is 12.0 Å². The average molecular weight is 342 g/mol. The predicted octanol–water partition coefficient (Wildman–Crippen LogP) is 3.12. The van der Waals surface area contributed by atoms with Gasteiger partial charge in [0.1, 0.15) is 0 Å². The molecule has 6 heteroatoms. The van der Waals surface area contributed by atoms with Crippen LogP contribution in [0.4, 0.5) is 0 Å². The largest absolute Gasteiger partial charge is 0 e. The molecule has 0 aromatic heterocycles. The number of methoxy groups -OCH3 is 1. The quantitative estimate of drug-likeness (QED) is 0.262. The zero-order chi connectivity index (χ0) is 17.1. The van der Waals surface area contributed by atoms with E-state index in [1.165, 1.54) is 5.56 Å². The van der Waals surface area contributed by atoms with Crippen molar-refractivity contribution in [1.29, 1.82) is 0 Å². The van der Waals surface area contributed by atoms with E-state index in [9.17, 15) is 0 Å². The van der Waals surface area contributed by atoms with Crippen LogP contribution in [0.15, 0.2) is 36.9 Å². The zero-order valence-corrected chi connectivity index (χ0v) is 13.8. The smallest absolute Gasteiger partial charge is 0 e. The van der Waals surface area contributed by atoms with Crippen LogP contribution in [0.5, 0.6) is 0 Å². The summed E-state index contributed by atoms with van der Waals surface area (Å²) in [6.07, 6.45) is 2.40. The molecule has 0 bridgehead atoms. The van der Waals surface area contributed by atoms with Gasteiger partial charge < -0.3 is 9.47 Å². The second-order valence-electron chi connectivity index (χ2n) is 3.37. The zero-order valence-electron chi connectivity index (χ0n) is 12.5. The number of rotatable bonds is 6. The van der Waals surface area contributed by atoms with Crippen molar-refractivity contribution in [2.24, 2.45) is 0 Å². The summed E-state index contributed by atoms with van der Waals surface area (Å²) < 4.78 is 33.4. The molecule has 0 spiro atoms. The molecule has 0 aliphatic rings. The van der Waals surface area contributed by atoms with Crippen LogP contribution in [0.3, 0.4) is 0 Å². The maximum atomic E-state index is 7.50. The first kappa shape index (κ1) is 28.7. The second kappa shape index (κ2) is 24.6. The van der Waals surface area contributed by atoms with Crippen LogP contribution in [-0.2, 0) is 40.8 Å². The fourth-order valence-corrected chi connectivity index (χ4v) is 1.39. The minimum Gasteiger partial charge on any atom is 0 e. The Kier molecular flexibility index (Phi) is 32.2. The number of aryl methyl sites for hydroxylation is 1. The van der Waals surface area contributed by atoms with E-state index in [0.29, 0.717) is 6.61 Å². The van der Waals surface area contributed by atoms with Gasteiger partial charge in [0.15, 0.2) is 6.29 Å². The van der Waals surface area contributed by atoms with E-state index in [1.807, 2.05) is 24.3 Å². The van der Waals surface area contributed by atoms with Gasteiger partial charge >= 0.3 is 33.9 Å². The van der Waals surface area contributed by atoms with Gasteiger partial charge in [0.05, 0.1) is 6.61 Å². The Balaban J connectivity index is -0.000000206. The van der Waals surface area contributed by atoms with Crippen LogP contribution >= 0.6 is 0 Å². The van der Waals surface area contributed by atoms with Gasteiger partial charge in [-0.15, -0.1) is 6.58 Å². The third-order valence-corrected chi connectivity index (χ3v) is 2.25. The van der Waals surface area contributed by atoms with Gasteiger partial charge in [-0.2, -0.15) is 0 Å². The molecule has 1 aromatic carbocycles. The SMILES string of the molecule is C=CCCO[C@@H](OC)c1ccccc1C.[C-]#[O+].[C-]#[O+].[C-]#[O+].[Cr]. The van der Waals surface area contributed by atoms with Crippen LogP contribution < -0.4 is 0 Å². The minimum absolute atomic E-state index is 0. The monoisotopic (exact) mass is 342 g/mol. The molecule has 0 saturated heterocycles. The molecule has 0 fully saturated rings. The van der Waals surface area contributed by atoms with E-state index >= 15 is 0 Å². The number of ether oxygens (including phenoxy) is 2. The second-order valence-corrected chi connectivity index (χ2v) is 3.37. The molecule has 0 N–H and O–H groups in total. The Morgan fingerprint density at radius 3 is 2.05 bits per heavy atom. The van der Waals surface area contributed by atoms with Gasteiger partial charge in [-0.3, -0.25) is 0 Å². The van der Waals surface area contributed by atoms with E-state index in [-0.39, 0.29) is 23.7 Å². The van der Waals surface area contributed by atoms with Crippen LogP contribution in [0, 0.1) is 26.9 Å². The molecule has 1 rings (SSSR count). The number of hydrogen-bond donors (Lipinski definition) is 0. The molecule has 1 aromatic rings. The van der Waals surface area contributed by atoms with Crippen LogP contribution in [-0.4, -0.2) is 13.7 Å². The van der Waals surface area contributed by atoms with Gasteiger partial charge in [0.2, 0.25) is 0 Å². The van der Waals surface area contributed by atoms with E-state index in [4.69, 9.17) is 23.4 Å². The van der Waals surface area contributed by atoms with Crippen molar-refractivity contribution in [3.63, 3.8) is 0 Å². The van der Waals surface area contributed by atoms with Gasteiger partial charge in [-0.25, -0.2) is 0 Å². The standard InChI is InChI=1S/C13H18O2.3CO.Cr/c1-4-5-10-15-13(14-3)12-9-7-6-8-11(12)2;3*1-2;/h4,6-9,13H,1,5,10H2,2-3H3;;;;/t13-;;;;/m1..../s1. The Morgan fingerprint density at radius 2 is 1.64 bits per heavy atom. The molecule has 118 valence electrons. The van der Waals surface area contributed by atoms with Gasteiger partial charge in [0.25, 0.3) is 0 Å². The average Bonchev–Trinajstić information content (AvgIpc) is 2.58. The molecule has 22 heavy (non-hydrogen) atoms. The van der Waals surface area contributed by atoms with Crippen LogP contribution in [0.25, 0.3) is 0 Å². The molecule has 5 nitrogen and oxygen atoms in total. The van der Waals surface area contributed by atoms with Crippen molar-refractivity contribution < 1.29 is 40.8 Å². The summed E-state index contributed by atoms with van der Waals surface area (Å²) in [5.41, 5.74) is 2.27. The van der Waals surface area contributed by atoms with Gasteiger partial charge in [-0.1, -0.05) is 30.3 Å². The molecule has 0 saturated carbocycles. The van der Waals surface area contributed by atoms with Gasteiger partial charge in [0, 0.05) is 30.0 Å². The molecular weight excluding hydrogens is 324 g/mol. The van der Waals surface area contributed by atoms with Crippen molar-refractivity contribution in [3.05, 3.63) is 68.0 Å². The summed E-state index contributed by atoms with van der Waals surface area (Å²) >= 11 is 0. The first-order valence-corrected chi connectivity index (χ1v) is 5.71. The molecule has 1 atom stereocenters. The summed E-state index contributed by atoms with van der Waals surface area (Å²) in [6.45, 7) is 19.8. The molecule has 0 aliphatic heterocycles. The van der Waals surface area contributed by atoms with Crippen LogP contribution in [0.2, 0.25) is 0 Å². The number of hydrogen-bond acceptors (Lipinski definition) is 2. The first-order chi connectivity index (χ1) is 10.3. The molecule has 0 unspecified atom stereocenters. The molecule has 0 aliphatic carbocycles. The van der Waals surface area contributed by atoms with Crippen molar-refractivity contribution in [2.75, 3.05) is 13.7 Å². The van der Waals surface area contributed by atoms with Crippen molar-refractivity contribution in [2.45, 2.75) is 19.6 Å². The predicted molar refractivity (Wildman–Crippen MR) is 73.5 cm³/mol. The van der Waals surface area contributed by atoms with Crippen molar-refractivity contribution in [1.82, 2.24) is 0 Å². The van der Waals surface area contributed by atoms with E-state index < -0.39 is 0 Å². The maximum Gasteiger partial charge on any atom is 0 e. The first-order valence-electron chi connectivity index (χ1n) is 5.71. The van der Waals surface area contributed by atoms with E-state index in [2.05, 4.69) is 39.5 Å². The Hall–Kier alpha value is -1.37. The van der Waals surface area contributed by atoms with Crippen molar-refractivity contribution in [3.8, 4) is 0 Å². The maximum absolute atomic E-state index is 7.50. The Bertz CT molecular complexity index is 412. The summed E-state index contributed by atoms with van der Waals surface area (Å²) in [5.74, 6) is 0. The van der Waals surface area contributed by atoms with Gasteiger partial charge in [-0.05, 0) is 18.9 Å². The number of benzene rings is 1. The molecule has 0 radical (unpaired) electrons. The normalized spacial score (nSPS) is 8.73. The summed E-state index contributed by atoms with van der Waals surface area (Å²) in [7, 11) is 1.66. The summed E-state index contributed by atoms with van der Waals surface area (Å²) in [4.78, 5) is 0. The minimum atomic E-state index is -0.272. The third kappa shape index (κ3) is 13.6. The van der Waals surface area contributed by atoms with E-state index in [1.54, 1.807) is 7.11 Å². The third-order valence-electron chi connectivity index (χ3n) is 2.25. The molecule has 0 amide bonds. The summed E-state index contributed by atoms with van der Waals surface area (Å²) in [5, 5.41) is 0. The van der Waals surface area contributed by atoms with Crippen molar-refractivity contribution >= 4 is 0 Å². The fourth-order valence-electron chi connectivity index (χ4n) is 1.39. The fraction of sp³-hybridized carbons (Fsp3) is 0.312.